The molecule has 0 fully saturated rings. The molecule has 0 bridgehead atoms. The van der Waals surface area contributed by atoms with Crippen molar-refractivity contribution in [3.8, 4) is 0 Å². The summed E-state index contributed by atoms with van der Waals surface area (Å²) < 4.78 is 5.15. The van der Waals surface area contributed by atoms with Gasteiger partial charge < -0.3 is 0 Å². The molecule has 20 heavy (non-hydrogen) atoms. The monoisotopic (exact) mass is 358 g/mol. The van der Waals surface area contributed by atoms with Gasteiger partial charge in [0.05, 0.1) is 34.0 Å². The van der Waals surface area contributed by atoms with Gasteiger partial charge in [-0.25, -0.2) is 0 Å². The van der Waals surface area contributed by atoms with Gasteiger partial charge in [-0.1, -0.05) is 6.92 Å². The highest BCUT2D eigenvalue weighted by Crippen LogP contribution is 2.24. The Labute approximate surface area is 133 Å². The molecule has 0 aliphatic carbocycles. The van der Waals surface area contributed by atoms with Crippen molar-refractivity contribution in [2.75, 3.05) is 0 Å². The second kappa shape index (κ2) is 6.31. The molecule has 0 aromatic carbocycles. The summed E-state index contributed by atoms with van der Waals surface area (Å²) in [6, 6.07) is 0. The largest absolute Gasteiger partial charge is 0.267 e. The number of aromatic nitrogens is 4. The molecule has 0 atom stereocenters. The number of aryl methyl sites for hydroxylation is 3. The van der Waals surface area contributed by atoms with Gasteiger partial charge in [0.25, 0.3) is 0 Å². The molecular weight excluding hydrogens is 340 g/mol. The van der Waals surface area contributed by atoms with Crippen molar-refractivity contribution in [1.82, 2.24) is 19.6 Å². The van der Waals surface area contributed by atoms with Gasteiger partial charge in [-0.3, -0.25) is 9.36 Å². The number of rotatable bonds is 5. The van der Waals surface area contributed by atoms with Crippen LogP contribution in [0.25, 0.3) is 0 Å². The van der Waals surface area contributed by atoms with Gasteiger partial charge in [-0.15, -0.1) is 11.6 Å². The van der Waals surface area contributed by atoms with Gasteiger partial charge in [0.15, 0.2) is 0 Å². The Hall–Kier alpha value is -0.810. The molecule has 0 radical (unpaired) electrons. The summed E-state index contributed by atoms with van der Waals surface area (Å²) in [5, 5.41) is 9.22. The number of alkyl halides is 1. The zero-order valence-corrected chi connectivity index (χ0v) is 14.7. The van der Waals surface area contributed by atoms with Crippen LogP contribution in [0, 0.1) is 13.8 Å². The fourth-order valence-electron chi connectivity index (χ4n) is 2.39. The van der Waals surface area contributed by atoms with E-state index < -0.39 is 0 Å². The van der Waals surface area contributed by atoms with Crippen molar-refractivity contribution in [1.29, 1.82) is 0 Å². The lowest BCUT2D eigenvalue weighted by molar-refractivity contribution is 0.564. The fraction of sp³-hybridized carbons (Fsp3) is 0.571. The Morgan fingerprint density at radius 3 is 2.35 bits per heavy atom. The predicted octanol–water partition coefficient (Wildman–Crippen LogP) is 3.83. The predicted molar refractivity (Wildman–Crippen MR) is 85.3 cm³/mol. The lowest BCUT2D eigenvalue weighted by Gasteiger charge is -2.08. The third kappa shape index (κ3) is 2.66. The zero-order chi connectivity index (χ0) is 14.9. The van der Waals surface area contributed by atoms with E-state index in [2.05, 4.69) is 46.9 Å². The van der Waals surface area contributed by atoms with Crippen molar-refractivity contribution in [2.45, 2.75) is 53.1 Å². The lowest BCUT2D eigenvalue weighted by Crippen LogP contribution is -2.10. The highest BCUT2D eigenvalue weighted by molar-refractivity contribution is 9.10. The smallest absolute Gasteiger partial charge is 0.0843 e. The highest BCUT2D eigenvalue weighted by Gasteiger charge is 2.17. The Kier molecular flexibility index (Phi) is 4.91. The molecule has 2 rings (SSSR count). The number of hydrogen-bond donors (Lipinski definition) is 0. The molecule has 0 aliphatic heterocycles. The van der Waals surface area contributed by atoms with E-state index in [1.807, 2.05) is 16.3 Å². The first-order valence-corrected chi connectivity index (χ1v) is 8.19. The second-order valence-electron chi connectivity index (χ2n) is 4.82. The van der Waals surface area contributed by atoms with Crippen LogP contribution >= 0.6 is 27.5 Å². The van der Waals surface area contributed by atoms with Crippen LogP contribution in [-0.4, -0.2) is 19.6 Å². The minimum absolute atomic E-state index is 0.506. The summed E-state index contributed by atoms with van der Waals surface area (Å²) in [6.45, 7) is 9.87. The summed E-state index contributed by atoms with van der Waals surface area (Å²) in [6.07, 6.45) is 0.921. The standard InChI is InChI=1S/C14H20BrClN4/c1-5-12-14(15)13(19(6-2)18-12)8-20-10(4)11(7-16)9(3)17-20/h5-8H2,1-4H3. The number of halogens is 2. The first-order chi connectivity index (χ1) is 9.53. The normalized spacial score (nSPS) is 11.3. The molecular formula is C14H20BrClN4. The third-order valence-electron chi connectivity index (χ3n) is 3.66. The first-order valence-electron chi connectivity index (χ1n) is 6.86. The van der Waals surface area contributed by atoms with Crippen LogP contribution in [0.15, 0.2) is 4.47 Å². The van der Waals surface area contributed by atoms with Crippen molar-refractivity contribution < 1.29 is 0 Å². The summed E-state index contributed by atoms with van der Waals surface area (Å²) in [7, 11) is 0. The van der Waals surface area contributed by atoms with Gasteiger partial charge in [0.1, 0.15) is 0 Å². The van der Waals surface area contributed by atoms with Gasteiger partial charge in [-0.2, -0.15) is 10.2 Å². The highest BCUT2D eigenvalue weighted by atomic mass is 79.9. The van der Waals surface area contributed by atoms with E-state index >= 15 is 0 Å². The van der Waals surface area contributed by atoms with E-state index in [1.54, 1.807) is 0 Å². The molecule has 110 valence electrons. The van der Waals surface area contributed by atoms with E-state index in [0.29, 0.717) is 12.4 Å². The summed E-state index contributed by atoms with van der Waals surface area (Å²) in [5.41, 5.74) is 5.52. The van der Waals surface area contributed by atoms with Gasteiger partial charge in [-0.05, 0) is 43.1 Å². The second-order valence-corrected chi connectivity index (χ2v) is 5.88. The quantitative estimate of drug-likeness (QED) is 0.761. The van der Waals surface area contributed by atoms with Crippen LogP contribution in [0.5, 0.6) is 0 Å². The van der Waals surface area contributed by atoms with E-state index in [0.717, 1.165) is 45.8 Å². The minimum atomic E-state index is 0.506. The topological polar surface area (TPSA) is 35.6 Å². The maximum absolute atomic E-state index is 5.99. The summed E-state index contributed by atoms with van der Waals surface area (Å²) in [5.74, 6) is 0.506. The zero-order valence-electron chi connectivity index (χ0n) is 12.4. The van der Waals surface area contributed by atoms with Gasteiger partial charge in [0, 0.05) is 17.8 Å². The van der Waals surface area contributed by atoms with Crippen LogP contribution < -0.4 is 0 Å². The molecule has 0 aliphatic rings. The summed E-state index contributed by atoms with van der Waals surface area (Å²) >= 11 is 9.67. The Balaban J connectivity index is 2.42. The molecule has 2 aromatic heterocycles. The number of hydrogen-bond acceptors (Lipinski definition) is 2. The van der Waals surface area contributed by atoms with Crippen molar-refractivity contribution in [3.63, 3.8) is 0 Å². The third-order valence-corrected chi connectivity index (χ3v) is 4.84. The van der Waals surface area contributed by atoms with Crippen LogP contribution in [-0.2, 0) is 25.4 Å². The molecule has 2 aromatic rings. The maximum atomic E-state index is 5.99. The summed E-state index contributed by atoms with van der Waals surface area (Å²) in [4.78, 5) is 0. The van der Waals surface area contributed by atoms with Gasteiger partial charge in [0.2, 0.25) is 0 Å². The van der Waals surface area contributed by atoms with Crippen molar-refractivity contribution >= 4 is 27.5 Å². The number of nitrogens with zero attached hydrogens (tertiary/aromatic N) is 4. The molecule has 6 heteroatoms. The van der Waals surface area contributed by atoms with E-state index in [1.165, 1.54) is 0 Å². The maximum Gasteiger partial charge on any atom is 0.0843 e. The van der Waals surface area contributed by atoms with Crippen molar-refractivity contribution in [2.24, 2.45) is 0 Å². The van der Waals surface area contributed by atoms with E-state index in [9.17, 15) is 0 Å². The Morgan fingerprint density at radius 1 is 1.15 bits per heavy atom. The molecule has 0 saturated heterocycles. The molecule has 0 unspecified atom stereocenters. The van der Waals surface area contributed by atoms with Crippen LogP contribution in [0.4, 0.5) is 0 Å². The van der Waals surface area contributed by atoms with Crippen LogP contribution in [0.3, 0.4) is 0 Å². The van der Waals surface area contributed by atoms with Crippen LogP contribution in [0.2, 0.25) is 0 Å². The first kappa shape index (κ1) is 15.6. The Morgan fingerprint density at radius 2 is 1.85 bits per heavy atom. The van der Waals surface area contributed by atoms with Crippen molar-refractivity contribution in [3.05, 3.63) is 32.8 Å². The molecule has 0 amide bonds. The Bertz CT molecular complexity index is 615. The van der Waals surface area contributed by atoms with Crippen LogP contribution in [0.1, 0.15) is 42.2 Å². The van der Waals surface area contributed by atoms with E-state index in [-0.39, 0.29) is 0 Å². The fourth-order valence-corrected chi connectivity index (χ4v) is 3.47. The minimum Gasteiger partial charge on any atom is -0.267 e. The van der Waals surface area contributed by atoms with E-state index in [4.69, 9.17) is 11.6 Å². The SMILES string of the molecule is CCc1nn(CC)c(Cn2nc(C)c(CCl)c2C)c1Br. The molecule has 0 spiro atoms. The molecule has 0 saturated carbocycles. The average molecular weight is 360 g/mol. The lowest BCUT2D eigenvalue weighted by atomic mass is 10.2. The molecule has 0 N–H and O–H groups in total. The molecule has 2 heterocycles. The molecule has 4 nitrogen and oxygen atoms in total. The average Bonchev–Trinajstić information content (AvgIpc) is 2.88. The van der Waals surface area contributed by atoms with Gasteiger partial charge >= 0.3 is 0 Å².